The van der Waals surface area contributed by atoms with Crippen LogP contribution in [0.3, 0.4) is 0 Å². The fourth-order valence-corrected chi connectivity index (χ4v) is 5.47. The van der Waals surface area contributed by atoms with Crippen LogP contribution in [0.5, 0.6) is 0 Å². The van der Waals surface area contributed by atoms with Crippen molar-refractivity contribution in [3.63, 3.8) is 0 Å². The number of halogens is 2. The first kappa shape index (κ1) is 26.2. The highest BCUT2D eigenvalue weighted by molar-refractivity contribution is 7.21. The molecule has 5 aromatic heterocycles. The number of alkyl halides is 2. The van der Waals surface area contributed by atoms with E-state index in [2.05, 4.69) is 25.6 Å². The first-order valence-corrected chi connectivity index (χ1v) is 12.8. The van der Waals surface area contributed by atoms with Crippen LogP contribution in [-0.2, 0) is 13.2 Å². The molecule has 5 aromatic rings. The van der Waals surface area contributed by atoms with Crippen LogP contribution in [0.4, 0.5) is 14.5 Å². The number of carbonyl (C=O) groups is 2. The van der Waals surface area contributed by atoms with Crippen molar-refractivity contribution < 1.29 is 18.4 Å². The lowest BCUT2D eigenvalue weighted by atomic mass is 10.0. The molecule has 0 radical (unpaired) electrons. The summed E-state index contributed by atoms with van der Waals surface area (Å²) in [6.45, 7) is 8.39. The molecule has 0 aliphatic heterocycles. The van der Waals surface area contributed by atoms with E-state index in [0.717, 1.165) is 28.4 Å². The van der Waals surface area contributed by atoms with Gasteiger partial charge < -0.3 is 11.1 Å². The summed E-state index contributed by atoms with van der Waals surface area (Å²) in [6, 6.07) is 4.72. The van der Waals surface area contributed by atoms with Crippen LogP contribution in [0.1, 0.15) is 56.3 Å². The van der Waals surface area contributed by atoms with E-state index in [-0.39, 0.29) is 21.1 Å². The lowest BCUT2D eigenvalue weighted by Gasteiger charge is -2.10. The molecule has 3 N–H and O–H groups in total. The quantitative estimate of drug-likeness (QED) is 0.294. The smallest absolute Gasteiger partial charge is 0.280 e. The van der Waals surface area contributed by atoms with Crippen LogP contribution < -0.4 is 11.1 Å². The molecule has 0 aliphatic carbocycles. The average molecular weight is 554 g/mol. The second kappa shape index (κ2) is 10.0. The Morgan fingerprint density at radius 2 is 1.90 bits per heavy atom. The molecule has 202 valence electrons. The number of rotatable bonds is 8. The molecule has 0 saturated heterocycles. The van der Waals surface area contributed by atoms with E-state index in [1.807, 2.05) is 33.8 Å². The van der Waals surface area contributed by atoms with E-state index in [0.29, 0.717) is 29.7 Å². The van der Waals surface area contributed by atoms with Gasteiger partial charge in [-0.2, -0.15) is 15.3 Å². The van der Waals surface area contributed by atoms with E-state index < -0.39 is 23.9 Å². The SMILES string of the molecule is CCn1ncc(-c2cc(C(F)F)nc3sc(C(N)=O)c(NC(=O)c4ccn(Cn5nc(C)cc5C)n4)c23)c1C. The Hall–Kier alpha value is -4.46. The van der Waals surface area contributed by atoms with Crippen molar-refractivity contribution in [1.82, 2.24) is 34.3 Å². The summed E-state index contributed by atoms with van der Waals surface area (Å²) in [6.07, 6.45) is 0.353. The standard InChI is InChI=1S/C25H25F2N9O2S/c1-5-35-14(4)16(10-29-35)15-9-18(22(26)27)30-25-19(15)20(21(39-25)23(28)37)31-24(38)17-6-7-34(33-17)11-36-13(3)8-12(2)32-36/h6-10,22H,5,11H2,1-4H3,(H2,28,37)(H,31,38). The van der Waals surface area contributed by atoms with E-state index in [4.69, 9.17) is 5.73 Å². The minimum Gasteiger partial charge on any atom is -0.365 e. The van der Waals surface area contributed by atoms with E-state index in [9.17, 15) is 18.4 Å². The van der Waals surface area contributed by atoms with Crippen molar-refractivity contribution in [2.75, 3.05) is 5.32 Å². The Balaban J connectivity index is 1.58. The zero-order chi connectivity index (χ0) is 28.0. The average Bonchev–Trinajstić information content (AvgIpc) is 3.65. The molecule has 0 aliphatic rings. The maximum atomic E-state index is 13.8. The van der Waals surface area contributed by atoms with Gasteiger partial charge in [0.05, 0.1) is 17.6 Å². The fraction of sp³-hybridized carbons (Fsp3) is 0.280. The van der Waals surface area contributed by atoms with Gasteiger partial charge >= 0.3 is 0 Å². The minimum atomic E-state index is -2.85. The number of aromatic nitrogens is 7. The summed E-state index contributed by atoms with van der Waals surface area (Å²) < 4.78 is 32.6. The number of pyridine rings is 1. The van der Waals surface area contributed by atoms with E-state index in [1.54, 1.807) is 26.4 Å². The van der Waals surface area contributed by atoms with Crippen LogP contribution in [-0.4, -0.2) is 46.1 Å². The first-order chi connectivity index (χ1) is 18.6. The number of carbonyl (C=O) groups excluding carboxylic acids is 2. The van der Waals surface area contributed by atoms with Crippen LogP contribution in [0, 0.1) is 20.8 Å². The van der Waals surface area contributed by atoms with Gasteiger partial charge in [-0.1, -0.05) is 0 Å². The molecule has 14 heteroatoms. The van der Waals surface area contributed by atoms with Crippen molar-refractivity contribution in [2.45, 2.75) is 47.3 Å². The molecule has 39 heavy (non-hydrogen) atoms. The topological polar surface area (TPSA) is 139 Å². The first-order valence-electron chi connectivity index (χ1n) is 12.0. The maximum absolute atomic E-state index is 13.8. The molecular weight excluding hydrogens is 528 g/mol. The van der Waals surface area contributed by atoms with Gasteiger partial charge in [0.1, 0.15) is 22.1 Å². The van der Waals surface area contributed by atoms with Crippen LogP contribution in [0.25, 0.3) is 21.3 Å². The van der Waals surface area contributed by atoms with Gasteiger partial charge in [0.2, 0.25) is 0 Å². The summed E-state index contributed by atoms with van der Waals surface area (Å²) in [4.78, 5) is 29.9. The normalized spacial score (nSPS) is 11.6. The number of amides is 2. The summed E-state index contributed by atoms with van der Waals surface area (Å²) in [5.74, 6) is -1.43. The molecule has 0 aromatic carbocycles. The van der Waals surface area contributed by atoms with Gasteiger partial charge in [0.15, 0.2) is 5.69 Å². The lowest BCUT2D eigenvalue weighted by Crippen LogP contribution is -2.18. The number of primary amides is 1. The molecule has 0 fully saturated rings. The lowest BCUT2D eigenvalue weighted by molar-refractivity contribution is 0.100. The number of hydrogen-bond donors (Lipinski definition) is 2. The van der Waals surface area contributed by atoms with Crippen LogP contribution >= 0.6 is 11.3 Å². The Morgan fingerprint density at radius 1 is 1.13 bits per heavy atom. The highest BCUT2D eigenvalue weighted by Crippen LogP contribution is 2.43. The van der Waals surface area contributed by atoms with Gasteiger partial charge in [-0.05, 0) is 51.5 Å². The molecule has 11 nitrogen and oxygen atoms in total. The summed E-state index contributed by atoms with van der Waals surface area (Å²) in [7, 11) is 0. The van der Waals surface area contributed by atoms with Gasteiger partial charge in [-0.15, -0.1) is 11.3 Å². The zero-order valence-corrected chi connectivity index (χ0v) is 22.4. The maximum Gasteiger partial charge on any atom is 0.280 e. The Morgan fingerprint density at radius 3 is 2.51 bits per heavy atom. The molecular formula is C25H25F2N9O2S. The van der Waals surface area contributed by atoms with Gasteiger partial charge in [0.25, 0.3) is 18.2 Å². The van der Waals surface area contributed by atoms with Gasteiger partial charge in [0, 0.05) is 35.1 Å². The highest BCUT2D eigenvalue weighted by atomic mass is 32.1. The minimum absolute atomic E-state index is 0.0128. The van der Waals surface area contributed by atoms with E-state index >= 15 is 0 Å². The number of aryl methyl sites for hydroxylation is 3. The van der Waals surface area contributed by atoms with E-state index in [1.165, 1.54) is 12.1 Å². The predicted octanol–water partition coefficient (Wildman–Crippen LogP) is 4.29. The van der Waals surface area contributed by atoms with Crippen molar-refractivity contribution in [2.24, 2.45) is 5.73 Å². The molecule has 0 unspecified atom stereocenters. The summed E-state index contributed by atoms with van der Waals surface area (Å²) >= 11 is 0.841. The monoisotopic (exact) mass is 553 g/mol. The summed E-state index contributed by atoms with van der Waals surface area (Å²) in [5.41, 5.74) is 8.82. The third-order valence-corrected chi connectivity index (χ3v) is 7.41. The second-order valence-corrected chi connectivity index (χ2v) is 9.97. The Labute approximate surface area is 225 Å². The van der Waals surface area contributed by atoms with Crippen molar-refractivity contribution in [3.8, 4) is 11.1 Å². The fourth-order valence-electron chi connectivity index (χ4n) is 4.46. The summed E-state index contributed by atoms with van der Waals surface area (Å²) in [5, 5.41) is 16.1. The third-order valence-electron chi connectivity index (χ3n) is 6.32. The number of nitrogens with one attached hydrogen (secondary N) is 1. The third kappa shape index (κ3) is 4.78. The van der Waals surface area contributed by atoms with Crippen molar-refractivity contribution in [1.29, 1.82) is 0 Å². The Bertz CT molecular complexity index is 1730. The molecule has 0 spiro atoms. The Kier molecular flexibility index (Phi) is 6.72. The second-order valence-electron chi connectivity index (χ2n) is 8.97. The zero-order valence-electron chi connectivity index (χ0n) is 21.6. The number of anilines is 1. The molecule has 0 bridgehead atoms. The number of thiophene rings is 1. The molecule has 5 heterocycles. The van der Waals surface area contributed by atoms with Gasteiger partial charge in [-0.25, -0.2) is 18.4 Å². The molecule has 0 atom stereocenters. The van der Waals surface area contributed by atoms with Crippen LogP contribution in [0.15, 0.2) is 30.6 Å². The molecule has 5 rings (SSSR count). The predicted molar refractivity (Wildman–Crippen MR) is 142 cm³/mol. The largest absolute Gasteiger partial charge is 0.365 e. The number of nitrogens with two attached hydrogens (primary N) is 1. The highest BCUT2D eigenvalue weighted by Gasteiger charge is 2.27. The number of fused-ring (bicyclic) bond motifs is 1. The van der Waals surface area contributed by atoms with Gasteiger partial charge in [-0.3, -0.25) is 19.0 Å². The number of nitrogens with zero attached hydrogens (tertiary/aromatic N) is 7. The van der Waals surface area contributed by atoms with Crippen molar-refractivity contribution >= 4 is 39.1 Å². The molecule has 0 saturated carbocycles. The van der Waals surface area contributed by atoms with Crippen molar-refractivity contribution in [3.05, 3.63) is 63.9 Å². The van der Waals surface area contributed by atoms with Crippen LogP contribution in [0.2, 0.25) is 0 Å². The molecule has 2 amide bonds. The number of hydrogen-bond acceptors (Lipinski definition) is 7.